The molecule has 8 heteroatoms. The van der Waals surface area contributed by atoms with Gasteiger partial charge in [0.25, 0.3) is 11.8 Å². The van der Waals surface area contributed by atoms with Gasteiger partial charge in [-0.1, -0.05) is 15.9 Å². The van der Waals surface area contributed by atoms with Crippen molar-refractivity contribution in [1.82, 2.24) is 10.9 Å². The highest BCUT2D eigenvalue weighted by Gasteiger charge is 2.08. The predicted molar refractivity (Wildman–Crippen MR) is 104 cm³/mol. The lowest BCUT2D eigenvalue weighted by molar-refractivity contribution is -0.123. The minimum atomic E-state index is -0.470. The maximum Gasteiger partial charge on any atom is 0.276 e. The van der Waals surface area contributed by atoms with Crippen molar-refractivity contribution in [3.63, 3.8) is 0 Å². The first-order chi connectivity index (χ1) is 13.1. The van der Waals surface area contributed by atoms with Crippen LogP contribution in [-0.4, -0.2) is 38.2 Å². The fourth-order valence-corrected chi connectivity index (χ4v) is 2.24. The molecule has 2 amide bonds. The van der Waals surface area contributed by atoms with Crippen LogP contribution in [0.4, 0.5) is 0 Å². The summed E-state index contributed by atoms with van der Waals surface area (Å²) in [6.45, 7) is 3.29. The highest BCUT2D eigenvalue weighted by molar-refractivity contribution is 9.10. The van der Waals surface area contributed by atoms with E-state index in [1.165, 1.54) is 0 Å². The molecule has 0 saturated heterocycles. The summed E-state index contributed by atoms with van der Waals surface area (Å²) in [5.41, 5.74) is 5.03. The lowest BCUT2D eigenvalue weighted by Crippen LogP contribution is -2.43. The van der Waals surface area contributed by atoms with Crippen LogP contribution >= 0.6 is 15.9 Å². The molecule has 0 aliphatic heterocycles. The Kier molecular flexibility index (Phi) is 8.60. The number of hydrogen-bond acceptors (Lipinski definition) is 5. The predicted octanol–water partition coefficient (Wildman–Crippen LogP) is 2.70. The molecule has 0 bridgehead atoms. The Hall–Kier alpha value is -2.58. The largest absolute Gasteiger partial charge is 0.491 e. The number of hydrogen-bond donors (Lipinski definition) is 2. The number of rotatable bonds is 9. The Morgan fingerprint density at radius 1 is 0.889 bits per heavy atom. The molecule has 0 saturated carbocycles. The highest BCUT2D eigenvalue weighted by Crippen LogP contribution is 2.15. The number of ether oxygens (including phenoxy) is 3. The van der Waals surface area contributed by atoms with Gasteiger partial charge in [0.05, 0.1) is 6.61 Å². The first-order valence-corrected chi connectivity index (χ1v) is 9.16. The molecule has 27 heavy (non-hydrogen) atoms. The number of amides is 2. The van der Waals surface area contributed by atoms with Crippen LogP contribution in [0.15, 0.2) is 53.0 Å². The quantitative estimate of drug-likeness (QED) is 0.466. The van der Waals surface area contributed by atoms with Gasteiger partial charge < -0.3 is 14.2 Å². The standard InChI is InChI=1S/C19H21BrN2O5/c1-2-25-11-12-26-16-7-3-14(4-8-16)19(24)22-21-18(23)13-27-17-9-5-15(20)6-10-17/h3-10H,2,11-13H2,1H3,(H,21,23)(H,22,24). The van der Waals surface area contributed by atoms with Gasteiger partial charge in [-0.25, -0.2) is 0 Å². The van der Waals surface area contributed by atoms with Crippen molar-refractivity contribution < 1.29 is 23.8 Å². The zero-order valence-corrected chi connectivity index (χ0v) is 16.5. The third-order valence-electron chi connectivity index (χ3n) is 3.32. The molecule has 2 aromatic rings. The van der Waals surface area contributed by atoms with E-state index in [-0.39, 0.29) is 6.61 Å². The second kappa shape index (κ2) is 11.2. The molecule has 0 unspecified atom stereocenters. The number of hydrazine groups is 1. The molecule has 0 radical (unpaired) electrons. The Morgan fingerprint density at radius 3 is 2.19 bits per heavy atom. The van der Waals surface area contributed by atoms with E-state index >= 15 is 0 Å². The molecule has 2 rings (SSSR count). The van der Waals surface area contributed by atoms with E-state index in [0.29, 0.717) is 36.9 Å². The van der Waals surface area contributed by atoms with Gasteiger partial charge in [0.1, 0.15) is 18.1 Å². The Balaban J connectivity index is 1.71. The van der Waals surface area contributed by atoms with Gasteiger partial charge in [-0.3, -0.25) is 20.4 Å². The van der Waals surface area contributed by atoms with Crippen LogP contribution in [0.2, 0.25) is 0 Å². The van der Waals surface area contributed by atoms with Crippen molar-refractivity contribution in [2.24, 2.45) is 0 Å². The van der Waals surface area contributed by atoms with Crippen molar-refractivity contribution in [3.05, 3.63) is 58.6 Å². The zero-order chi connectivity index (χ0) is 19.5. The molecule has 7 nitrogen and oxygen atoms in total. The topological polar surface area (TPSA) is 85.9 Å². The third-order valence-corrected chi connectivity index (χ3v) is 3.84. The van der Waals surface area contributed by atoms with Crippen LogP contribution in [0.3, 0.4) is 0 Å². The number of nitrogens with one attached hydrogen (secondary N) is 2. The van der Waals surface area contributed by atoms with E-state index in [9.17, 15) is 9.59 Å². The number of carbonyl (C=O) groups is 2. The second-order valence-electron chi connectivity index (χ2n) is 5.31. The smallest absolute Gasteiger partial charge is 0.276 e. The highest BCUT2D eigenvalue weighted by atomic mass is 79.9. The van der Waals surface area contributed by atoms with Crippen molar-refractivity contribution >= 4 is 27.7 Å². The normalized spacial score (nSPS) is 10.1. The fraction of sp³-hybridized carbons (Fsp3) is 0.263. The molecule has 2 aromatic carbocycles. The van der Waals surface area contributed by atoms with Crippen molar-refractivity contribution in [2.75, 3.05) is 26.4 Å². The molecule has 0 fully saturated rings. The number of benzene rings is 2. The summed E-state index contributed by atoms with van der Waals surface area (Å²) in [4.78, 5) is 23.8. The summed E-state index contributed by atoms with van der Waals surface area (Å²) in [6.07, 6.45) is 0. The monoisotopic (exact) mass is 436 g/mol. The van der Waals surface area contributed by atoms with Crippen molar-refractivity contribution in [3.8, 4) is 11.5 Å². The minimum absolute atomic E-state index is 0.214. The molecule has 2 N–H and O–H groups in total. The maximum absolute atomic E-state index is 12.0. The van der Waals surface area contributed by atoms with Gasteiger partial charge in [0, 0.05) is 16.6 Å². The number of carbonyl (C=O) groups excluding carboxylic acids is 2. The van der Waals surface area contributed by atoms with E-state index in [4.69, 9.17) is 14.2 Å². The molecule has 0 heterocycles. The molecule has 0 aromatic heterocycles. The van der Waals surface area contributed by atoms with E-state index in [1.54, 1.807) is 48.5 Å². The maximum atomic E-state index is 12.0. The van der Waals surface area contributed by atoms with Crippen LogP contribution in [0, 0.1) is 0 Å². The summed E-state index contributed by atoms with van der Waals surface area (Å²) < 4.78 is 16.9. The van der Waals surface area contributed by atoms with Crippen molar-refractivity contribution in [1.29, 1.82) is 0 Å². The molecule has 144 valence electrons. The summed E-state index contributed by atoms with van der Waals surface area (Å²) in [6, 6.07) is 13.6. The van der Waals surface area contributed by atoms with Crippen LogP contribution in [0.1, 0.15) is 17.3 Å². The van der Waals surface area contributed by atoms with E-state index in [1.807, 2.05) is 6.92 Å². The second-order valence-corrected chi connectivity index (χ2v) is 6.23. The van der Waals surface area contributed by atoms with Crippen LogP contribution in [0.25, 0.3) is 0 Å². The molecule has 0 aliphatic rings. The lowest BCUT2D eigenvalue weighted by Gasteiger charge is -2.10. The summed E-state index contributed by atoms with van der Waals surface area (Å²) in [5.74, 6) is 0.285. The van der Waals surface area contributed by atoms with Crippen LogP contribution in [-0.2, 0) is 9.53 Å². The van der Waals surface area contributed by atoms with Crippen LogP contribution in [0.5, 0.6) is 11.5 Å². The Morgan fingerprint density at radius 2 is 1.52 bits per heavy atom. The molecule has 0 spiro atoms. The minimum Gasteiger partial charge on any atom is -0.491 e. The van der Waals surface area contributed by atoms with Gasteiger partial charge in [0.2, 0.25) is 0 Å². The molecule has 0 aliphatic carbocycles. The summed E-state index contributed by atoms with van der Waals surface area (Å²) in [5, 5.41) is 0. The van der Waals surface area contributed by atoms with E-state index in [0.717, 1.165) is 4.47 Å². The summed E-state index contributed by atoms with van der Waals surface area (Å²) in [7, 11) is 0. The van der Waals surface area contributed by atoms with Crippen LogP contribution < -0.4 is 20.3 Å². The SMILES string of the molecule is CCOCCOc1ccc(C(=O)NNC(=O)COc2ccc(Br)cc2)cc1. The fourth-order valence-electron chi connectivity index (χ4n) is 1.98. The Bertz CT molecular complexity index is 735. The molecule has 0 atom stereocenters. The van der Waals surface area contributed by atoms with Crippen molar-refractivity contribution in [2.45, 2.75) is 6.92 Å². The van der Waals surface area contributed by atoms with Gasteiger partial charge in [0.15, 0.2) is 6.61 Å². The van der Waals surface area contributed by atoms with Gasteiger partial charge in [-0.15, -0.1) is 0 Å². The first kappa shape index (κ1) is 20.7. The zero-order valence-electron chi connectivity index (χ0n) is 14.9. The van der Waals surface area contributed by atoms with E-state index in [2.05, 4.69) is 26.8 Å². The average Bonchev–Trinajstić information content (AvgIpc) is 2.69. The van der Waals surface area contributed by atoms with Gasteiger partial charge >= 0.3 is 0 Å². The third kappa shape index (κ3) is 7.67. The lowest BCUT2D eigenvalue weighted by atomic mass is 10.2. The first-order valence-electron chi connectivity index (χ1n) is 8.36. The Labute approximate surface area is 166 Å². The van der Waals surface area contributed by atoms with E-state index < -0.39 is 11.8 Å². The number of halogens is 1. The van der Waals surface area contributed by atoms with Gasteiger partial charge in [-0.05, 0) is 55.5 Å². The molecular weight excluding hydrogens is 416 g/mol. The average molecular weight is 437 g/mol. The summed E-state index contributed by atoms with van der Waals surface area (Å²) >= 11 is 3.32. The molecular formula is C19H21BrN2O5. The van der Waals surface area contributed by atoms with Gasteiger partial charge in [-0.2, -0.15) is 0 Å².